The number of ether oxygens (including phenoxy) is 12. The highest BCUT2D eigenvalue weighted by molar-refractivity contribution is 5.66. The first-order valence-electron chi connectivity index (χ1n) is 28.6. The van der Waals surface area contributed by atoms with Gasteiger partial charge in [0.05, 0.1) is 43.7 Å². The van der Waals surface area contributed by atoms with Crippen molar-refractivity contribution in [3.8, 4) is 0 Å². The fourth-order valence-corrected chi connectivity index (χ4v) is 11.0. The molecule has 0 aromatic heterocycles. The molecule has 81 heavy (non-hydrogen) atoms. The number of unbranched alkanes of at least 4 members (excludes halogenated alkanes) is 8. The topological polar surface area (TPSA) is 452 Å². The number of hydrogen-bond donors (Lipinski definition) is 16. The molecule has 6 fully saturated rings. The predicted octanol–water partition coefficient (Wildman–Crippen LogP) is -4.42. The molecule has 6 aliphatic heterocycles. The molecule has 0 spiro atoms. The van der Waals surface area contributed by atoms with Gasteiger partial charge >= 0.3 is 5.97 Å². The first-order chi connectivity index (χ1) is 38.4. The number of aliphatic carboxylic acids is 1. The molecule has 6 aliphatic rings. The number of carboxylic acid groups (broad SMARTS) is 1. The molecule has 474 valence electrons. The van der Waals surface area contributed by atoms with Gasteiger partial charge in [0.15, 0.2) is 37.7 Å². The van der Waals surface area contributed by atoms with Crippen LogP contribution in [0, 0.1) is 0 Å². The molecule has 0 aliphatic carbocycles. The SMILES string of the molecule is CCCCC[C@@H](CCCCCCCCCC(=O)O)O[C@@H]1O[C@H](C)[C@@H](O)[C@H](O)[C@H]1O[C@@H]1O[C@H](CO)[C@H](O)[C@H](O)[C@H]1O[C@@H]1O[C@@H](C)[C@H](O[C@@H]2O[C@H](C)[C@H](O)[C@H](O)[C@H]2O)[C@@H](O[C@@H]2O[C@H](CO)[C@H](O)[C@H](O)[C@H]2O[C@@H]2O[C@H](C)[C@@H](O)[C@H](O)[C@H]2O)[C@H]1O. The summed E-state index contributed by atoms with van der Waals surface area (Å²) in [5, 5.41) is 174. The number of rotatable bonds is 28. The van der Waals surface area contributed by atoms with Crippen molar-refractivity contribution < 1.29 is 143 Å². The summed E-state index contributed by atoms with van der Waals surface area (Å²) < 4.78 is 73.1. The van der Waals surface area contributed by atoms with Gasteiger partial charge in [-0.2, -0.15) is 0 Å². The first-order valence-corrected chi connectivity index (χ1v) is 28.6. The first kappa shape index (κ1) is 68.5. The molecule has 16 N–H and O–H groups in total. The number of carboxylic acids is 1. The van der Waals surface area contributed by atoms with Gasteiger partial charge in [-0.15, -0.1) is 0 Å². The van der Waals surface area contributed by atoms with Gasteiger partial charge in [0.1, 0.15) is 122 Å². The van der Waals surface area contributed by atoms with Crippen LogP contribution in [0.5, 0.6) is 0 Å². The van der Waals surface area contributed by atoms with Crippen LogP contribution in [-0.2, 0) is 61.6 Å². The molecule has 29 nitrogen and oxygen atoms in total. The van der Waals surface area contributed by atoms with Crippen molar-refractivity contribution in [3.63, 3.8) is 0 Å². The molecule has 0 aromatic rings. The fourth-order valence-electron chi connectivity index (χ4n) is 11.0. The Balaban J connectivity index is 1.28. The van der Waals surface area contributed by atoms with Crippen LogP contribution >= 0.6 is 0 Å². The number of aliphatic hydroxyl groups is 15. The van der Waals surface area contributed by atoms with Crippen LogP contribution < -0.4 is 0 Å². The number of aliphatic hydroxyl groups excluding tert-OH is 15. The maximum atomic E-state index is 12.4. The third-order valence-electron chi connectivity index (χ3n) is 16.1. The lowest BCUT2D eigenvalue weighted by molar-refractivity contribution is -0.414. The maximum Gasteiger partial charge on any atom is 0.303 e. The van der Waals surface area contributed by atoms with E-state index < -0.39 is 210 Å². The van der Waals surface area contributed by atoms with Crippen molar-refractivity contribution in [3.05, 3.63) is 0 Å². The summed E-state index contributed by atoms with van der Waals surface area (Å²) in [5.74, 6) is -0.823. The quantitative estimate of drug-likeness (QED) is 0.0329. The highest BCUT2D eigenvalue weighted by atomic mass is 16.8. The van der Waals surface area contributed by atoms with Crippen molar-refractivity contribution in [2.24, 2.45) is 0 Å². The van der Waals surface area contributed by atoms with E-state index in [1.165, 1.54) is 27.7 Å². The van der Waals surface area contributed by atoms with Crippen molar-refractivity contribution in [2.45, 2.75) is 308 Å². The van der Waals surface area contributed by atoms with Gasteiger partial charge in [0.25, 0.3) is 0 Å². The van der Waals surface area contributed by atoms with E-state index in [0.717, 1.165) is 57.8 Å². The Labute approximate surface area is 470 Å². The number of hydrogen-bond acceptors (Lipinski definition) is 28. The van der Waals surface area contributed by atoms with E-state index in [-0.39, 0.29) is 6.42 Å². The minimum Gasteiger partial charge on any atom is -0.481 e. The second-order valence-electron chi connectivity index (χ2n) is 22.3. The summed E-state index contributed by atoms with van der Waals surface area (Å²) in [4.78, 5) is 10.9. The van der Waals surface area contributed by atoms with E-state index in [9.17, 15) is 81.4 Å². The molecule has 31 atom stereocenters. The van der Waals surface area contributed by atoms with Crippen LogP contribution in [0.4, 0.5) is 0 Å². The number of carbonyl (C=O) groups is 1. The molecule has 0 radical (unpaired) electrons. The zero-order valence-corrected chi connectivity index (χ0v) is 46.5. The van der Waals surface area contributed by atoms with Gasteiger partial charge in [-0.1, -0.05) is 64.7 Å². The Morgan fingerprint density at radius 1 is 0.370 bits per heavy atom. The summed E-state index contributed by atoms with van der Waals surface area (Å²) in [7, 11) is 0. The van der Waals surface area contributed by atoms with E-state index in [1.807, 2.05) is 6.92 Å². The monoisotopic (exact) mass is 1180 g/mol. The third kappa shape index (κ3) is 17.1. The van der Waals surface area contributed by atoms with Crippen LogP contribution in [0.15, 0.2) is 0 Å². The molecular weight excluding hydrogens is 1090 g/mol. The molecule has 0 amide bonds. The van der Waals surface area contributed by atoms with Crippen molar-refractivity contribution in [2.75, 3.05) is 13.2 Å². The van der Waals surface area contributed by atoms with E-state index in [2.05, 4.69) is 0 Å². The molecule has 0 saturated carbocycles. The summed E-state index contributed by atoms with van der Waals surface area (Å²) in [6.07, 6.45) is -42.9. The molecular formula is C52H92O29. The Hall–Kier alpha value is -1.61. The van der Waals surface area contributed by atoms with Crippen molar-refractivity contribution in [1.29, 1.82) is 0 Å². The van der Waals surface area contributed by atoms with Crippen LogP contribution in [0.1, 0.15) is 118 Å². The van der Waals surface area contributed by atoms with Crippen molar-refractivity contribution >= 4 is 5.97 Å². The summed E-state index contributed by atoms with van der Waals surface area (Å²) >= 11 is 0. The Bertz CT molecular complexity index is 1830. The zero-order chi connectivity index (χ0) is 59.6. The maximum absolute atomic E-state index is 12.4. The van der Waals surface area contributed by atoms with Crippen LogP contribution in [-0.4, -0.2) is 291 Å². The molecule has 0 aromatic carbocycles. The second-order valence-corrected chi connectivity index (χ2v) is 22.3. The van der Waals surface area contributed by atoms with Gasteiger partial charge in [-0.25, -0.2) is 0 Å². The molecule has 6 rings (SSSR count). The smallest absolute Gasteiger partial charge is 0.303 e. The van der Waals surface area contributed by atoms with Gasteiger partial charge in [0.2, 0.25) is 0 Å². The highest BCUT2D eigenvalue weighted by Gasteiger charge is 2.58. The fraction of sp³-hybridized carbons (Fsp3) is 0.981. The molecule has 0 bridgehead atoms. The standard InChI is InChI=1S/C52H92O29/c1-6-7-13-16-25(17-14-11-9-8-10-12-15-18-28(55)56)74-50-44(36(64)31(59)23(4)72-50)81-52-46(38(66)33(61)27(20-54)76-52)80-49-41(69)43(42(24(5)73-49)77-47-39(67)34(62)29(57)21(2)70-47)78-51-45(37(65)32(60)26(19-53)75-51)79-48-40(68)35(63)30(58)22(3)71-48/h21-27,29-54,57-69H,6-20H2,1-5H3,(H,55,56)/t21-,22-,23-,24+,25+,26-,27-,29+,30-,31-,32+,33+,34+,35+,36+,37+,38+,39-,40-,41-,42+,43+,44-,45-,46-,47+,48+,49+,50+,51+,52+/m1/s1. The third-order valence-corrected chi connectivity index (χ3v) is 16.1. The van der Waals surface area contributed by atoms with E-state index in [1.54, 1.807) is 0 Å². The molecule has 0 unspecified atom stereocenters. The minimum atomic E-state index is -2.20. The Morgan fingerprint density at radius 2 is 0.728 bits per heavy atom. The summed E-state index contributed by atoms with van der Waals surface area (Å²) in [6.45, 7) is 5.82. The van der Waals surface area contributed by atoms with Gasteiger partial charge in [0, 0.05) is 6.42 Å². The Kier molecular flexibility index (Phi) is 26.9. The van der Waals surface area contributed by atoms with Gasteiger partial charge in [-0.3, -0.25) is 4.79 Å². The van der Waals surface area contributed by atoms with Crippen LogP contribution in [0.25, 0.3) is 0 Å². The summed E-state index contributed by atoms with van der Waals surface area (Å²) in [5.41, 5.74) is 0. The molecule has 6 saturated heterocycles. The van der Waals surface area contributed by atoms with Gasteiger partial charge in [-0.05, 0) is 47.0 Å². The zero-order valence-electron chi connectivity index (χ0n) is 46.5. The Morgan fingerprint density at radius 3 is 1.20 bits per heavy atom. The highest BCUT2D eigenvalue weighted by Crippen LogP contribution is 2.39. The molecule has 29 heteroatoms. The lowest BCUT2D eigenvalue weighted by Gasteiger charge is -2.51. The second kappa shape index (κ2) is 31.9. The average Bonchev–Trinajstić information content (AvgIpc) is 3.52. The minimum absolute atomic E-state index is 0.129. The van der Waals surface area contributed by atoms with Crippen LogP contribution in [0.2, 0.25) is 0 Å². The lowest BCUT2D eigenvalue weighted by Crippen LogP contribution is -2.69. The van der Waals surface area contributed by atoms with E-state index >= 15 is 0 Å². The normalized spacial score (nSPS) is 46.6. The van der Waals surface area contributed by atoms with E-state index in [4.69, 9.17) is 61.9 Å². The van der Waals surface area contributed by atoms with E-state index in [0.29, 0.717) is 19.3 Å². The average molecular weight is 1180 g/mol. The van der Waals surface area contributed by atoms with Crippen LogP contribution in [0.3, 0.4) is 0 Å². The summed E-state index contributed by atoms with van der Waals surface area (Å²) in [6, 6.07) is 0. The predicted molar refractivity (Wildman–Crippen MR) is 269 cm³/mol. The lowest BCUT2D eigenvalue weighted by atomic mass is 9.95. The van der Waals surface area contributed by atoms with Crippen molar-refractivity contribution in [1.82, 2.24) is 0 Å². The molecule has 6 heterocycles. The van der Waals surface area contributed by atoms with Gasteiger partial charge < -0.3 is 139 Å². The largest absolute Gasteiger partial charge is 0.481 e.